The van der Waals surface area contributed by atoms with Gasteiger partial charge in [0.1, 0.15) is 0 Å². The van der Waals surface area contributed by atoms with Crippen LogP contribution in [0.2, 0.25) is 0 Å². The molecular weight excluding hydrogens is 272 g/mol. The van der Waals surface area contributed by atoms with Gasteiger partial charge in [-0.15, -0.1) is 0 Å². The zero-order chi connectivity index (χ0) is 14.5. The van der Waals surface area contributed by atoms with Crippen LogP contribution in [0, 0.1) is 6.92 Å². The summed E-state index contributed by atoms with van der Waals surface area (Å²) in [6.45, 7) is 3.14. The van der Waals surface area contributed by atoms with Crippen molar-refractivity contribution >= 4 is 23.4 Å². The summed E-state index contributed by atoms with van der Waals surface area (Å²) in [5.41, 5.74) is 8.20. The maximum absolute atomic E-state index is 12.7. The van der Waals surface area contributed by atoms with Crippen LogP contribution in [0.15, 0.2) is 18.2 Å². The minimum absolute atomic E-state index is 0.0812. The van der Waals surface area contributed by atoms with Crippen molar-refractivity contribution < 1.29 is 9.53 Å². The number of nitrogens with two attached hydrogens (primary N) is 1. The monoisotopic (exact) mass is 294 g/mol. The van der Waals surface area contributed by atoms with Crippen molar-refractivity contribution in [1.29, 1.82) is 0 Å². The number of carbonyl (C=O) groups excluding carboxylic acids is 1. The number of amides is 1. The van der Waals surface area contributed by atoms with E-state index in [1.807, 2.05) is 35.7 Å². The highest BCUT2D eigenvalue weighted by molar-refractivity contribution is 7.99. The van der Waals surface area contributed by atoms with E-state index in [4.69, 9.17) is 10.5 Å². The molecule has 1 aromatic rings. The number of benzene rings is 1. The van der Waals surface area contributed by atoms with E-state index in [1.54, 1.807) is 13.2 Å². The fraction of sp³-hybridized carbons (Fsp3) is 0.533. The summed E-state index contributed by atoms with van der Waals surface area (Å²) in [6.07, 6.45) is 1.06. The van der Waals surface area contributed by atoms with Crippen molar-refractivity contribution in [3.63, 3.8) is 0 Å². The average molecular weight is 294 g/mol. The number of ether oxygens (including phenoxy) is 1. The molecule has 0 aliphatic carbocycles. The highest BCUT2D eigenvalue weighted by atomic mass is 32.2. The Labute approximate surface area is 124 Å². The molecule has 1 fully saturated rings. The van der Waals surface area contributed by atoms with Gasteiger partial charge in [-0.05, 0) is 42.9 Å². The number of anilines is 1. The van der Waals surface area contributed by atoms with Crippen molar-refractivity contribution in [2.75, 3.05) is 37.5 Å². The summed E-state index contributed by atoms with van der Waals surface area (Å²) in [7, 11) is 1.67. The molecule has 0 radical (unpaired) electrons. The van der Waals surface area contributed by atoms with Crippen LogP contribution < -0.4 is 5.73 Å². The second-order valence-corrected chi connectivity index (χ2v) is 6.23. The second-order valence-electron chi connectivity index (χ2n) is 5.08. The van der Waals surface area contributed by atoms with Crippen molar-refractivity contribution in [2.45, 2.75) is 19.4 Å². The molecule has 1 heterocycles. The Balaban J connectivity index is 2.17. The Hall–Kier alpha value is -1.20. The van der Waals surface area contributed by atoms with E-state index >= 15 is 0 Å². The molecule has 1 unspecified atom stereocenters. The number of hydrogen-bond donors (Lipinski definition) is 1. The van der Waals surface area contributed by atoms with E-state index < -0.39 is 0 Å². The molecule has 0 bridgehead atoms. The third-order valence-corrected chi connectivity index (χ3v) is 4.81. The fourth-order valence-electron chi connectivity index (χ4n) is 2.38. The molecule has 1 aliphatic rings. The molecule has 1 aromatic carbocycles. The number of hydrogen-bond acceptors (Lipinski definition) is 4. The van der Waals surface area contributed by atoms with E-state index in [0.717, 1.165) is 29.2 Å². The standard InChI is InChI=1S/C15H22N2O2S/c1-11-9-12(3-4-14(11)16)15(18)17(6-7-19-2)13-5-8-20-10-13/h3-4,9,13H,5-8,10,16H2,1-2H3. The molecule has 1 saturated heterocycles. The molecule has 0 saturated carbocycles. The van der Waals surface area contributed by atoms with Gasteiger partial charge in [-0.2, -0.15) is 11.8 Å². The molecular formula is C15H22N2O2S. The average Bonchev–Trinajstić information content (AvgIpc) is 2.96. The number of rotatable bonds is 5. The molecule has 20 heavy (non-hydrogen) atoms. The van der Waals surface area contributed by atoms with E-state index in [2.05, 4.69) is 0 Å². The summed E-state index contributed by atoms with van der Waals surface area (Å²) in [6, 6.07) is 5.81. The zero-order valence-corrected chi connectivity index (χ0v) is 12.9. The third-order valence-electron chi connectivity index (χ3n) is 3.66. The molecule has 2 N–H and O–H groups in total. The first-order valence-corrected chi connectivity index (χ1v) is 8.02. The van der Waals surface area contributed by atoms with Gasteiger partial charge in [0, 0.05) is 36.7 Å². The minimum atomic E-state index is 0.0812. The Morgan fingerprint density at radius 2 is 2.35 bits per heavy atom. The van der Waals surface area contributed by atoms with Crippen molar-refractivity contribution in [1.82, 2.24) is 4.90 Å². The Bertz CT molecular complexity index is 473. The number of carbonyl (C=O) groups is 1. The fourth-order valence-corrected chi connectivity index (χ4v) is 3.61. The van der Waals surface area contributed by atoms with E-state index in [0.29, 0.717) is 24.8 Å². The highest BCUT2D eigenvalue weighted by Gasteiger charge is 2.27. The lowest BCUT2D eigenvalue weighted by Crippen LogP contribution is -2.42. The lowest BCUT2D eigenvalue weighted by Gasteiger charge is -2.28. The number of aryl methyl sites for hydroxylation is 1. The number of thioether (sulfide) groups is 1. The molecule has 0 aromatic heterocycles. The van der Waals surface area contributed by atoms with Crippen LogP contribution in [0.5, 0.6) is 0 Å². The molecule has 5 heteroatoms. The van der Waals surface area contributed by atoms with E-state index in [9.17, 15) is 4.79 Å². The maximum Gasteiger partial charge on any atom is 0.254 e. The first-order chi connectivity index (χ1) is 9.63. The first kappa shape index (κ1) is 15.2. The quantitative estimate of drug-likeness (QED) is 0.846. The maximum atomic E-state index is 12.7. The summed E-state index contributed by atoms with van der Waals surface area (Å²) >= 11 is 1.91. The van der Waals surface area contributed by atoms with Gasteiger partial charge in [-0.3, -0.25) is 4.79 Å². The predicted molar refractivity (Wildman–Crippen MR) is 84.2 cm³/mol. The van der Waals surface area contributed by atoms with Crippen molar-refractivity contribution in [2.24, 2.45) is 0 Å². The van der Waals surface area contributed by atoms with Crippen LogP contribution in [-0.4, -0.2) is 48.6 Å². The lowest BCUT2D eigenvalue weighted by molar-refractivity contribution is 0.0624. The Morgan fingerprint density at radius 1 is 1.55 bits per heavy atom. The number of nitrogen functional groups attached to an aromatic ring is 1. The Morgan fingerprint density at radius 3 is 2.95 bits per heavy atom. The summed E-state index contributed by atoms with van der Waals surface area (Å²) in [4.78, 5) is 14.7. The second kappa shape index (κ2) is 6.99. The molecule has 0 spiro atoms. The Kier molecular flexibility index (Phi) is 5.31. The summed E-state index contributed by atoms with van der Waals surface area (Å²) in [5, 5.41) is 0. The van der Waals surface area contributed by atoms with Crippen molar-refractivity contribution in [3.05, 3.63) is 29.3 Å². The van der Waals surface area contributed by atoms with Crippen LogP contribution in [0.25, 0.3) is 0 Å². The molecule has 1 aliphatic heterocycles. The number of methoxy groups -OCH3 is 1. The van der Waals surface area contributed by atoms with E-state index in [1.165, 1.54) is 0 Å². The van der Waals surface area contributed by atoms with Gasteiger partial charge in [0.2, 0.25) is 0 Å². The smallest absolute Gasteiger partial charge is 0.254 e. The molecule has 2 rings (SSSR count). The van der Waals surface area contributed by atoms with Crippen LogP contribution in [0.1, 0.15) is 22.3 Å². The van der Waals surface area contributed by atoms with Crippen molar-refractivity contribution in [3.8, 4) is 0 Å². The molecule has 1 atom stereocenters. The highest BCUT2D eigenvalue weighted by Crippen LogP contribution is 2.24. The van der Waals surface area contributed by atoms with Gasteiger partial charge in [0.25, 0.3) is 5.91 Å². The molecule has 110 valence electrons. The molecule has 4 nitrogen and oxygen atoms in total. The SMILES string of the molecule is COCCN(C(=O)c1ccc(N)c(C)c1)C1CCSC1. The lowest BCUT2D eigenvalue weighted by atomic mass is 10.1. The summed E-state index contributed by atoms with van der Waals surface area (Å²) < 4.78 is 5.14. The van der Waals surface area contributed by atoms with Gasteiger partial charge in [-0.1, -0.05) is 0 Å². The van der Waals surface area contributed by atoms with Gasteiger partial charge in [-0.25, -0.2) is 0 Å². The number of nitrogens with zero attached hydrogens (tertiary/aromatic N) is 1. The van der Waals surface area contributed by atoms with Crippen LogP contribution in [0.4, 0.5) is 5.69 Å². The predicted octanol–water partition coefficient (Wildman–Crippen LogP) is 2.17. The van der Waals surface area contributed by atoms with Crippen LogP contribution >= 0.6 is 11.8 Å². The van der Waals surface area contributed by atoms with Gasteiger partial charge >= 0.3 is 0 Å². The third kappa shape index (κ3) is 3.46. The first-order valence-electron chi connectivity index (χ1n) is 6.87. The zero-order valence-electron chi connectivity index (χ0n) is 12.1. The van der Waals surface area contributed by atoms with Gasteiger partial charge in [0.15, 0.2) is 0 Å². The van der Waals surface area contributed by atoms with Crippen LogP contribution in [-0.2, 0) is 4.74 Å². The normalized spacial score (nSPS) is 18.2. The van der Waals surface area contributed by atoms with Gasteiger partial charge in [0.05, 0.1) is 6.61 Å². The topological polar surface area (TPSA) is 55.6 Å². The van der Waals surface area contributed by atoms with Gasteiger partial charge < -0.3 is 15.4 Å². The van der Waals surface area contributed by atoms with Crippen LogP contribution in [0.3, 0.4) is 0 Å². The molecule has 1 amide bonds. The summed E-state index contributed by atoms with van der Waals surface area (Å²) in [5.74, 6) is 2.23. The largest absolute Gasteiger partial charge is 0.399 e. The van der Waals surface area contributed by atoms with E-state index in [-0.39, 0.29) is 5.91 Å². The minimum Gasteiger partial charge on any atom is -0.399 e.